The van der Waals surface area contributed by atoms with Gasteiger partial charge in [-0.15, -0.1) is 0 Å². The van der Waals surface area contributed by atoms with E-state index in [-0.39, 0.29) is 6.54 Å². The molecule has 4 heterocycles. The van der Waals surface area contributed by atoms with E-state index in [2.05, 4.69) is 35.8 Å². The zero-order valence-electron chi connectivity index (χ0n) is 22.3. The number of hydrogen-bond acceptors (Lipinski definition) is 4. The van der Waals surface area contributed by atoms with Crippen molar-refractivity contribution >= 4 is 21.9 Å². The van der Waals surface area contributed by atoms with Crippen LogP contribution in [-0.2, 0) is 27.1 Å². The van der Waals surface area contributed by atoms with Gasteiger partial charge in [0.2, 0.25) is 0 Å². The van der Waals surface area contributed by atoms with E-state index in [1.807, 2.05) is 61.9 Å². The molecule has 7 rings (SSSR count). The lowest BCUT2D eigenvalue weighted by atomic mass is 10.0. The Bertz CT molecular complexity index is 1820. The second-order valence-electron chi connectivity index (χ2n) is 10.5. The number of pyridine rings is 1. The number of nitrogens with zero attached hydrogens (tertiary/aromatic N) is 7. The number of hydrogen-bond donors (Lipinski definition) is 0. The highest BCUT2D eigenvalue weighted by atomic mass is 19.1. The third-order valence-corrected chi connectivity index (χ3v) is 7.73. The molecule has 0 radical (unpaired) electrons. The first-order chi connectivity index (χ1) is 19.0. The minimum atomic E-state index is -1.13. The number of alkyl halides is 1. The monoisotopic (exact) mass is 519 g/mol. The lowest BCUT2D eigenvalue weighted by Gasteiger charge is -2.09. The van der Waals surface area contributed by atoms with Crippen molar-refractivity contribution in [1.29, 1.82) is 0 Å². The van der Waals surface area contributed by atoms with E-state index in [0.29, 0.717) is 11.5 Å². The van der Waals surface area contributed by atoms with E-state index >= 15 is 4.39 Å². The van der Waals surface area contributed by atoms with Gasteiger partial charge in [0.1, 0.15) is 12.0 Å². The quantitative estimate of drug-likeness (QED) is 0.240. The third-order valence-electron chi connectivity index (χ3n) is 7.73. The number of rotatable bonds is 7. The highest BCUT2D eigenvalue weighted by Crippen LogP contribution is 2.47. The van der Waals surface area contributed by atoms with Crippen molar-refractivity contribution in [3.63, 3.8) is 0 Å². The number of halogens is 1. The van der Waals surface area contributed by atoms with Gasteiger partial charge in [0.25, 0.3) is 0 Å². The molecule has 8 heteroatoms. The molecule has 7 nitrogen and oxygen atoms in total. The first-order valence-electron chi connectivity index (χ1n) is 13.6. The third kappa shape index (κ3) is 4.11. The van der Waals surface area contributed by atoms with E-state index in [1.54, 1.807) is 9.36 Å². The van der Waals surface area contributed by atoms with Crippen molar-refractivity contribution in [2.75, 3.05) is 0 Å². The molecule has 196 valence electrons. The van der Waals surface area contributed by atoms with Crippen LogP contribution < -0.4 is 0 Å². The van der Waals surface area contributed by atoms with Crippen molar-refractivity contribution in [3.8, 4) is 22.6 Å². The van der Waals surface area contributed by atoms with Crippen LogP contribution in [0.3, 0.4) is 0 Å². The summed E-state index contributed by atoms with van der Waals surface area (Å²) < 4.78 is 20.9. The molecule has 39 heavy (non-hydrogen) atoms. The zero-order valence-corrected chi connectivity index (χ0v) is 22.3. The Morgan fingerprint density at radius 3 is 2.54 bits per heavy atom. The molecule has 6 aromatic rings. The number of fused-ring (bicyclic) bond motifs is 2. The summed E-state index contributed by atoms with van der Waals surface area (Å²) in [7, 11) is 4.03. The molecule has 1 saturated carbocycles. The van der Waals surface area contributed by atoms with Gasteiger partial charge in [-0.25, -0.2) is 14.4 Å². The molecule has 0 N–H and O–H groups in total. The fourth-order valence-corrected chi connectivity index (χ4v) is 5.67. The van der Waals surface area contributed by atoms with Crippen LogP contribution in [0.25, 0.3) is 44.6 Å². The molecular formula is C31H30FN7. The number of imidazole rings is 1. The molecule has 2 aromatic carbocycles. The Balaban J connectivity index is 1.35. The van der Waals surface area contributed by atoms with Crippen molar-refractivity contribution in [2.45, 2.75) is 44.8 Å². The Kier molecular flexibility index (Phi) is 5.58. The average molecular weight is 520 g/mol. The standard InChI is InChI=1S/C31H30FN7/c1-4-26-23(15-21-16-37(2)36-30(21)33-26)31-34-28(29(38(31)3)20-13-14-20)22-11-8-12-27-24(22)17-39(35-27)18-25(32)19-9-6-5-7-10-19/h5-12,15-17,20,25H,4,13-14,18H2,1-3H3/t25-/m0/s1. The lowest BCUT2D eigenvalue weighted by molar-refractivity contribution is 0.293. The summed E-state index contributed by atoms with van der Waals surface area (Å²) in [6.45, 7) is 2.28. The highest BCUT2D eigenvalue weighted by molar-refractivity contribution is 5.95. The maximum absolute atomic E-state index is 15.1. The fraction of sp³-hybridized carbons (Fsp3) is 0.290. The van der Waals surface area contributed by atoms with Crippen LogP contribution in [0.2, 0.25) is 0 Å². The van der Waals surface area contributed by atoms with Gasteiger partial charge < -0.3 is 4.57 Å². The largest absolute Gasteiger partial charge is 0.330 e. The van der Waals surface area contributed by atoms with E-state index in [0.717, 1.165) is 69.5 Å². The molecule has 4 aromatic heterocycles. The molecule has 1 aliphatic carbocycles. The molecule has 0 bridgehead atoms. The minimum Gasteiger partial charge on any atom is -0.330 e. The fourth-order valence-electron chi connectivity index (χ4n) is 5.67. The van der Waals surface area contributed by atoms with Gasteiger partial charge in [0.05, 0.1) is 23.4 Å². The molecule has 1 aliphatic rings. The van der Waals surface area contributed by atoms with Crippen LogP contribution >= 0.6 is 0 Å². The van der Waals surface area contributed by atoms with E-state index < -0.39 is 6.17 Å². The van der Waals surface area contributed by atoms with Crippen molar-refractivity contribution in [2.24, 2.45) is 14.1 Å². The smallest absolute Gasteiger partial charge is 0.181 e. The van der Waals surface area contributed by atoms with Gasteiger partial charge in [0.15, 0.2) is 5.65 Å². The first kappa shape index (κ1) is 23.8. The lowest BCUT2D eigenvalue weighted by Crippen LogP contribution is -2.05. The summed E-state index contributed by atoms with van der Waals surface area (Å²) in [6.07, 6.45) is 5.93. The predicted molar refractivity (Wildman–Crippen MR) is 151 cm³/mol. The van der Waals surface area contributed by atoms with Crippen LogP contribution in [-0.4, -0.2) is 34.1 Å². The van der Waals surface area contributed by atoms with Crippen LogP contribution in [0.4, 0.5) is 4.39 Å². The van der Waals surface area contributed by atoms with E-state index in [1.165, 1.54) is 5.69 Å². The van der Waals surface area contributed by atoms with Gasteiger partial charge in [-0.3, -0.25) is 9.36 Å². The van der Waals surface area contributed by atoms with Crippen LogP contribution in [0.15, 0.2) is 67.0 Å². The van der Waals surface area contributed by atoms with Crippen molar-refractivity contribution in [3.05, 3.63) is 83.9 Å². The molecular weight excluding hydrogens is 489 g/mol. The predicted octanol–water partition coefficient (Wildman–Crippen LogP) is 6.54. The topological polar surface area (TPSA) is 66.3 Å². The molecule has 0 unspecified atom stereocenters. The molecule has 0 aliphatic heterocycles. The summed E-state index contributed by atoms with van der Waals surface area (Å²) in [4.78, 5) is 10.2. The zero-order chi connectivity index (χ0) is 26.7. The minimum absolute atomic E-state index is 0.164. The maximum atomic E-state index is 15.1. The Hall–Kier alpha value is -4.33. The van der Waals surface area contributed by atoms with E-state index in [9.17, 15) is 0 Å². The van der Waals surface area contributed by atoms with Gasteiger partial charge in [-0.05, 0) is 37.0 Å². The maximum Gasteiger partial charge on any atom is 0.181 e. The van der Waals surface area contributed by atoms with E-state index in [4.69, 9.17) is 15.1 Å². The number of benzene rings is 2. The Morgan fingerprint density at radius 2 is 1.77 bits per heavy atom. The number of aryl methyl sites for hydroxylation is 2. The number of aromatic nitrogens is 7. The van der Waals surface area contributed by atoms with Gasteiger partial charge in [-0.2, -0.15) is 10.2 Å². The Morgan fingerprint density at radius 1 is 0.949 bits per heavy atom. The van der Waals surface area contributed by atoms with Gasteiger partial charge in [0, 0.05) is 60.0 Å². The SMILES string of the molecule is CCc1nc2nn(C)cc2cc1-c1nc(-c2cccc3nn(C[C@H](F)c4ccccc4)cc23)c(C2CC2)n1C. The van der Waals surface area contributed by atoms with Crippen molar-refractivity contribution in [1.82, 2.24) is 34.1 Å². The second-order valence-corrected chi connectivity index (χ2v) is 10.5. The highest BCUT2D eigenvalue weighted by Gasteiger charge is 2.33. The molecule has 1 fully saturated rings. The van der Waals surface area contributed by atoms with Gasteiger partial charge in [-0.1, -0.05) is 49.4 Å². The summed E-state index contributed by atoms with van der Waals surface area (Å²) in [5.74, 6) is 1.39. The Labute approximate surface area is 225 Å². The van der Waals surface area contributed by atoms with Crippen LogP contribution in [0.1, 0.15) is 48.8 Å². The van der Waals surface area contributed by atoms with Crippen molar-refractivity contribution < 1.29 is 4.39 Å². The second kappa shape index (κ2) is 9.15. The first-order valence-corrected chi connectivity index (χ1v) is 13.6. The summed E-state index contributed by atoms with van der Waals surface area (Å²) >= 11 is 0. The van der Waals surface area contributed by atoms with Gasteiger partial charge >= 0.3 is 0 Å². The van der Waals surface area contributed by atoms with Crippen LogP contribution in [0.5, 0.6) is 0 Å². The molecule has 0 spiro atoms. The molecule has 0 saturated heterocycles. The molecule has 1 atom stereocenters. The summed E-state index contributed by atoms with van der Waals surface area (Å²) in [5.41, 5.74) is 7.55. The normalized spacial score (nSPS) is 14.5. The summed E-state index contributed by atoms with van der Waals surface area (Å²) in [5, 5.41) is 11.2. The summed E-state index contributed by atoms with van der Waals surface area (Å²) in [6, 6.07) is 17.5. The van der Waals surface area contributed by atoms with Crippen LogP contribution in [0, 0.1) is 0 Å². The molecule has 0 amide bonds. The average Bonchev–Trinajstić information content (AvgIpc) is 3.44.